The van der Waals surface area contributed by atoms with Gasteiger partial charge in [0.2, 0.25) is 0 Å². The van der Waals surface area contributed by atoms with Crippen molar-refractivity contribution in [1.29, 1.82) is 0 Å². The van der Waals surface area contributed by atoms with Gasteiger partial charge in [-0.15, -0.1) is 0 Å². The zero-order valence-electron chi connectivity index (χ0n) is 8.76. The van der Waals surface area contributed by atoms with Gasteiger partial charge in [0.25, 0.3) is 0 Å². The van der Waals surface area contributed by atoms with E-state index in [1.807, 2.05) is 6.92 Å². The minimum Gasteiger partial charge on any atom is -0.387 e. The lowest BCUT2D eigenvalue weighted by atomic mass is 10.0. The molecule has 0 radical (unpaired) electrons. The Morgan fingerprint density at radius 3 is 2.57 bits per heavy atom. The lowest BCUT2D eigenvalue weighted by molar-refractivity contribution is 0.176. The van der Waals surface area contributed by atoms with Gasteiger partial charge < -0.3 is 10.4 Å². The van der Waals surface area contributed by atoms with Crippen molar-refractivity contribution in [1.82, 2.24) is 5.32 Å². The lowest BCUT2D eigenvalue weighted by Crippen LogP contribution is -2.17. The lowest BCUT2D eigenvalue weighted by Gasteiger charge is -2.14. The van der Waals surface area contributed by atoms with Gasteiger partial charge in [0, 0.05) is 6.54 Å². The molecule has 0 aliphatic rings. The van der Waals surface area contributed by atoms with Crippen LogP contribution < -0.4 is 5.32 Å². The molecule has 0 saturated heterocycles. The Labute approximate surface area is 83.8 Å². The van der Waals surface area contributed by atoms with E-state index in [4.69, 9.17) is 0 Å². The normalized spacial score (nSPS) is 12.9. The molecule has 14 heavy (non-hydrogen) atoms. The van der Waals surface area contributed by atoms with Crippen molar-refractivity contribution in [2.75, 3.05) is 13.6 Å². The number of nitrogens with one attached hydrogen (secondary N) is 1. The maximum absolute atomic E-state index is 13.2. The van der Waals surface area contributed by atoms with Gasteiger partial charge >= 0.3 is 0 Å². The fourth-order valence-electron chi connectivity index (χ4n) is 1.50. The highest BCUT2D eigenvalue weighted by Gasteiger charge is 2.11. The van der Waals surface area contributed by atoms with Crippen LogP contribution >= 0.6 is 0 Å². The fourth-order valence-corrected chi connectivity index (χ4v) is 1.50. The second-order valence-corrected chi connectivity index (χ2v) is 3.53. The minimum atomic E-state index is -0.643. The first-order chi connectivity index (χ1) is 6.56. The molecule has 0 aromatic heterocycles. The average Bonchev–Trinajstić information content (AvgIpc) is 2.11. The molecular formula is C11H16FNO. The van der Waals surface area contributed by atoms with Crippen LogP contribution in [-0.2, 0) is 0 Å². The van der Waals surface area contributed by atoms with Crippen molar-refractivity contribution in [3.63, 3.8) is 0 Å². The topological polar surface area (TPSA) is 32.3 Å². The van der Waals surface area contributed by atoms with Gasteiger partial charge in [0.05, 0.1) is 6.10 Å². The molecule has 1 atom stereocenters. The third kappa shape index (κ3) is 2.30. The number of hydrogen-bond donors (Lipinski definition) is 2. The van der Waals surface area contributed by atoms with Crippen LogP contribution in [-0.4, -0.2) is 18.7 Å². The van der Waals surface area contributed by atoms with Crippen LogP contribution in [0.1, 0.15) is 22.8 Å². The number of hydrogen-bond acceptors (Lipinski definition) is 2. The van der Waals surface area contributed by atoms with E-state index in [0.29, 0.717) is 17.7 Å². The number of likely N-dealkylation sites (N-methyl/N-ethyl adjacent to an activating group) is 1. The summed E-state index contributed by atoms with van der Waals surface area (Å²) in [5.41, 5.74) is 2.19. The Balaban J connectivity index is 3.02. The molecule has 1 aromatic carbocycles. The molecule has 1 aromatic rings. The summed E-state index contributed by atoms with van der Waals surface area (Å²) in [5, 5.41) is 12.5. The van der Waals surface area contributed by atoms with Crippen molar-refractivity contribution in [2.45, 2.75) is 20.0 Å². The van der Waals surface area contributed by atoms with Crippen LogP contribution in [0.5, 0.6) is 0 Å². The van der Waals surface area contributed by atoms with Crippen LogP contribution in [0.2, 0.25) is 0 Å². The fraction of sp³-hybridized carbons (Fsp3) is 0.455. The largest absolute Gasteiger partial charge is 0.387 e. The third-order valence-corrected chi connectivity index (χ3v) is 2.30. The summed E-state index contributed by atoms with van der Waals surface area (Å²) >= 11 is 0. The number of aliphatic hydroxyl groups is 1. The highest BCUT2D eigenvalue weighted by molar-refractivity contribution is 5.33. The van der Waals surface area contributed by atoms with Gasteiger partial charge in [0.1, 0.15) is 5.82 Å². The quantitative estimate of drug-likeness (QED) is 0.773. The summed E-state index contributed by atoms with van der Waals surface area (Å²) in [7, 11) is 1.75. The summed E-state index contributed by atoms with van der Waals surface area (Å²) in [5.74, 6) is -0.263. The number of halogens is 1. The van der Waals surface area contributed by atoms with E-state index >= 15 is 0 Å². The Kier molecular flexibility index (Phi) is 3.61. The standard InChI is InChI=1S/C11H16FNO/c1-7-4-8(2)10(12)5-9(7)11(14)6-13-3/h4-5,11,13-14H,6H2,1-3H3. The van der Waals surface area contributed by atoms with Crippen LogP contribution in [0.4, 0.5) is 4.39 Å². The Hall–Kier alpha value is -0.930. The number of benzene rings is 1. The van der Waals surface area contributed by atoms with Gasteiger partial charge in [-0.1, -0.05) is 6.07 Å². The Bertz CT molecular complexity index is 325. The van der Waals surface area contributed by atoms with Gasteiger partial charge in [-0.05, 0) is 43.7 Å². The van der Waals surface area contributed by atoms with Crippen LogP contribution in [0.15, 0.2) is 12.1 Å². The second kappa shape index (κ2) is 4.53. The number of rotatable bonds is 3. The summed E-state index contributed by atoms with van der Waals surface area (Å²) in [6.07, 6.45) is -0.643. The van der Waals surface area contributed by atoms with Gasteiger partial charge in [-0.2, -0.15) is 0 Å². The van der Waals surface area contributed by atoms with E-state index in [-0.39, 0.29) is 5.82 Å². The zero-order chi connectivity index (χ0) is 10.7. The van der Waals surface area contributed by atoms with Gasteiger partial charge in [0.15, 0.2) is 0 Å². The first-order valence-electron chi connectivity index (χ1n) is 4.65. The minimum absolute atomic E-state index is 0.263. The smallest absolute Gasteiger partial charge is 0.126 e. The molecule has 0 spiro atoms. The molecule has 1 unspecified atom stereocenters. The molecule has 78 valence electrons. The van der Waals surface area contributed by atoms with Crippen molar-refractivity contribution < 1.29 is 9.50 Å². The van der Waals surface area contributed by atoms with Crippen molar-refractivity contribution >= 4 is 0 Å². The maximum Gasteiger partial charge on any atom is 0.126 e. The third-order valence-electron chi connectivity index (χ3n) is 2.30. The predicted octanol–water partition coefficient (Wildman–Crippen LogP) is 1.70. The highest BCUT2D eigenvalue weighted by atomic mass is 19.1. The first kappa shape index (κ1) is 11.1. The number of aryl methyl sites for hydroxylation is 2. The van der Waals surface area contributed by atoms with Gasteiger partial charge in [-0.25, -0.2) is 4.39 Å². The summed E-state index contributed by atoms with van der Waals surface area (Å²) in [6, 6.07) is 3.16. The maximum atomic E-state index is 13.2. The van der Waals surface area contributed by atoms with E-state index < -0.39 is 6.10 Å². The molecule has 0 heterocycles. The molecule has 0 fully saturated rings. The average molecular weight is 197 g/mol. The predicted molar refractivity (Wildman–Crippen MR) is 54.8 cm³/mol. The monoisotopic (exact) mass is 197 g/mol. The zero-order valence-corrected chi connectivity index (χ0v) is 8.76. The molecule has 0 aliphatic carbocycles. The molecule has 0 aliphatic heterocycles. The number of aliphatic hydroxyl groups excluding tert-OH is 1. The Morgan fingerprint density at radius 2 is 2.00 bits per heavy atom. The van der Waals surface area contributed by atoms with Crippen molar-refractivity contribution in [3.8, 4) is 0 Å². The molecule has 0 bridgehead atoms. The van der Waals surface area contributed by atoms with E-state index in [2.05, 4.69) is 5.32 Å². The molecule has 1 rings (SSSR count). The SMILES string of the molecule is CNCC(O)c1cc(F)c(C)cc1C. The molecule has 3 heteroatoms. The second-order valence-electron chi connectivity index (χ2n) is 3.53. The highest BCUT2D eigenvalue weighted by Crippen LogP contribution is 2.20. The summed E-state index contributed by atoms with van der Waals surface area (Å²) in [4.78, 5) is 0. The Morgan fingerprint density at radius 1 is 1.36 bits per heavy atom. The van der Waals surface area contributed by atoms with Crippen molar-refractivity contribution in [2.24, 2.45) is 0 Å². The molecular weight excluding hydrogens is 181 g/mol. The van der Waals surface area contributed by atoms with E-state index in [1.54, 1.807) is 20.0 Å². The summed E-state index contributed by atoms with van der Waals surface area (Å²) < 4.78 is 13.2. The van der Waals surface area contributed by atoms with E-state index in [9.17, 15) is 9.50 Å². The molecule has 0 amide bonds. The van der Waals surface area contributed by atoms with Crippen LogP contribution in [0.3, 0.4) is 0 Å². The molecule has 0 saturated carbocycles. The van der Waals surface area contributed by atoms with Crippen molar-refractivity contribution in [3.05, 3.63) is 34.6 Å². The van der Waals surface area contributed by atoms with E-state index in [0.717, 1.165) is 5.56 Å². The van der Waals surface area contributed by atoms with Gasteiger partial charge in [-0.3, -0.25) is 0 Å². The van der Waals surface area contributed by atoms with Crippen LogP contribution in [0.25, 0.3) is 0 Å². The molecule has 2 N–H and O–H groups in total. The van der Waals surface area contributed by atoms with E-state index in [1.165, 1.54) is 6.07 Å². The summed E-state index contributed by atoms with van der Waals surface area (Å²) in [6.45, 7) is 4.03. The first-order valence-corrected chi connectivity index (χ1v) is 4.65. The van der Waals surface area contributed by atoms with Crippen LogP contribution in [0, 0.1) is 19.7 Å². The molecule has 2 nitrogen and oxygen atoms in total.